The van der Waals surface area contributed by atoms with Crippen LogP contribution in [-0.2, 0) is 6.54 Å². The van der Waals surface area contributed by atoms with Crippen molar-refractivity contribution >= 4 is 17.5 Å². The molecule has 1 aliphatic rings. The van der Waals surface area contributed by atoms with Crippen LogP contribution in [0.3, 0.4) is 0 Å². The molecule has 3 rings (SSSR count). The Labute approximate surface area is 141 Å². The van der Waals surface area contributed by atoms with Crippen molar-refractivity contribution in [1.29, 1.82) is 0 Å². The summed E-state index contributed by atoms with van der Waals surface area (Å²) in [6.45, 7) is 2.76. The Morgan fingerprint density at radius 2 is 2.26 bits per heavy atom. The molecule has 23 heavy (non-hydrogen) atoms. The Bertz CT molecular complexity index is 679. The highest BCUT2D eigenvalue weighted by atomic mass is 35.5. The molecule has 1 aromatic carbocycles. The molecule has 0 saturated carbocycles. The van der Waals surface area contributed by atoms with Gasteiger partial charge in [-0.3, -0.25) is 4.90 Å². The van der Waals surface area contributed by atoms with Crippen LogP contribution in [0.2, 0.25) is 5.02 Å². The topological polar surface area (TPSA) is 64.3 Å². The first-order valence-electron chi connectivity index (χ1n) is 7.79. The molecule has 1 aliphatic heterocycles. The van der Waals surface area contributed by atoms with E-state index in [0.717, 1.165) is 54.5 Å². The maximum Gasteiger partial charge on any atom is 0.220 e. The number of methoxy groups -OCH3 is 1. The molecule has 6 heteroatoms. The monoisotopic (exact) mass is 332 g/mol. The second-order valence-corrected chi connectivity index (χ2v) is 6.24. The van der Waals surface area contributed by atoms with Gasteiger partial charge in [0.2, 0.25) is 5.95 Å². The number of nitrogen functional groups attached to an aromatic ring is 1. The fourth-order valence-corrected chi connectivity index (χ4v) is 3.39. The Morgan fingerprint density at radius 3 is 3.04 bits per heavy atom. The average Bonchev–Trinajstić information content (AvgIpc) is 2.57. The van der Waals surface area contributed by atoms with Gasteiger partial charge in [-0.15, -0.1) is 0 Å². The maximum atomic E-state index is 6.36. The lowest BCUT2D eigenvalue weighted by atomic mass is 9.94. The van der Waals surface area contributed by atoms with E-state index in [-0.39, 0.29) is 0 Å². The zero-order valence-electron chi connectivity index (χ0n) is 13.2. The molecular weight excluding hydrogens is 312 g/mol. The summed E-state index contributed by atoms with van der Waals surface area (Å²) in [5.74, 6) is 1.56. The first-order chi connectivity index (χ1) is 11.2. The number of anilines is 1. The number of piperidine rings is 1. The van der Waals surface area contributed by atoms with Crippen molar-refractivity contribution in [2.75, 3.05) is 25.9 Å². The van der Waals surface area contributed by atoms with Crippen LogP contribution in [0.25, 0.3) is 0 Å². The van der Waals surface area contributed by atoms with E-state index >= 15 is 0 Å². The maximum absolute atomic E-state index is 6.36. The first kappa shape index (κ1) is 16.0. The molecule has 0 bridgehead atoms. The van der Waals surface area contributed by atoms with E-state index in [1.54, 1.807) is 13.3 Å². The number of hydrogen-bond donors (Lipinski definition) is 1. The number of aromatic nitrogens is 2. The minimum absolute atomic E-state index is 0.340. The van der Waals surface area contributed by atoms with Crippen LogP contribution in [0.5, 0.6) is 5.75 Å². The molecule has 1 saturated heterocycles. The van der Waals surface area contributed by atoms with Crippen LogP contribution in [0.4, 0.5) is 5.95 Å². The predicted molar refractivity (Wildman–Crippen MR) is 91.7 cm³/mol. The highest BCUT2D eigenvalue weighted by Crippen LogP contribution is 2.31. The van der Waals surface area contributed by atoms with E-state index in [9.17, 15) is 0 Å². The van der Waals surface area contributed by atoms with Gasteiger partial charge in [0, 0.05) is 35.8 Å². The first-order valence-corrected chi connectivity index (χ1v) is 8.17. The van der Waals surface area contributed by atoms with Crippen LogP contribution in [-0.4, -0.2) is 35.1 Å². The van der Waals surface area contributed by atoms with E-state index in [4.69, 9.17) is 22.1 Å². The van der Waals surface area contributed by atoms with Gasteiger partial charge in [0.25, 0.3) is 0 Å². The van der Waals surface area contributed by atoms with Gasteiger partial charge in [-0.25, -0.2) is 9.97 Å². The molecule has 1 fully saturated rings. The zero-order valence-corrected chi connectivity index (χ0v) is 14.0. The van der Waals surface area contributed by atoms with Crippen LogP contribution in [0.1, 0.15) is 30.0 Å². The normalized spacial score (nSPS) is 18.8. The number of halogens is 1. The second kappa shape index (κ2) is 7.15. The molecule has 2 N–H and O–H groups in total. The molecule has 2 aromatic rings. The van der Waals surface area contributed by atoms with E-state index < -0.39 is 0 Å². The molecule has 0 amide bonds. The molecule has 0 aliphatic carbocycles. The summed E-state index contributed by atoms with van der Waals surface area (Å²) in [6.07, 6.45) is 3.97. The molecular formula is C17H21ClN4O. The third-order valence-electron chi connectivity index (χ3n) is 4.30. The molecule has 0 radical (unpaired) electrons. The van der Waals surface area contributed by atoms with E-state index in [1.165, 1.54) is 0 Å². The van der Waals surface area contributed by atoms with Gasteiger partial charge >= 0.3 is 0 Å². The van der Waals surface area contributed by atoms with Gasteiger partial charge in [-0.1, -0.05) is 17.7 Å². The summed E-state index contributed by atoms with van der Waals surface area (Å²) in [5, 5.41) is 0.748. The third-order valence-corrected chi connectivity index (χ3v) is 4.65. The molecule has 0 spiro atoms. The minimum Gasteiger partial charge on any atom is -0.496 e. The molecule has 5 nitrogen and oxygen atoms in total. The third kappa shape index (κ3) is 3.74. The smallest absolute Gasteiger partial charge is 0.220 e. The van der Waals surface area contributed by atoms with Crippen molar-refractivity contribution in [2.45, 2.75) is 25.3 Å². The van der Waals surface area contributed by atoms with Crippen molar-refractivity contribution in [2.24, 2.45) is 0 Å². The number of likely N-dealkylation sites (tertiary alicyclic amines) is 1. The summed E-state index contributed by atoms with van der Waals surface area (Å²) < 4.78 is 5.45. The van der Waals surface area contributed by atoms with Crippen LogP contribution in [0.15, 0.2) is 30.5 Å². The average molecular weight is 333 g/mol. The Balaban J connectivity index is 1.75. The van der Waals surface area contributed by atoms with Crippen molar-refractivity contribution in [1.82, 2.24) is 14.9 Å². The zero-order chi connectivity index (χ0) is 16.2. The molecule has 1 unspecified atom stereocenters. The molecule has 122 valence electrons. The second-order valence-electron chi connectivity index (χ2n) is 5.83. The summed E-state index contributed by atoms with van der Waals surface area (Å²) >= 11 is 6.36. The fourth-order valence-electron chi connectivity index (χ4n) is 3.16. The number of ether oxygens (including phenoxy) is 1. The summed E-state index contributed by atoms with van der Waals surface area (Å²) in [7, 11) is 1.68. The minimum atomic E-state index is 0.340. The lowest BCUT2D eigenvalue weighted by Gasteiger charge is -2.33. The number of rotatable bonds is 4. The quantitative estimate of drug-likeness (QED) is 0.932. The van der Waals surface area contributed by atoms with Crippen molar-refractivity contribution in [3.8, 4) is 5.75 Å². The lowest BCUT2D eigenvalue weighted by Crippen LogP contribution is -2.34. The number of benzene rings is 1. The SMILES string of the molecule is COc1cccc(Cl)c1CN1CCCC(c2ccnc(N)n2)C1. The molecule has 1 atom stereocenters. The van der Waals surface area contributed by atoms with Crippen molar-refractivity contribution in [3.05, 3.63) is 46.7 Å². The standard InChI is InChI=1S/C17H21ClN4O/c1-23-16-6-2-5-14(18)13(16)11-22-9-3-4-12(10-22)15-7-8-20-17(19)21-15/h2,5-8,12H,3-4,9-11H2,1H3,(H2,19,20,21). The number of nitrogens with two attached hydrogens (primary N) is 1. The van der Waals surface area contributed by atoms with Gasteiger partial charge in [0.15, 0.2) is 0 Å². The predicted octanol–water partition coefficient (Wildman–Crippen LogP) is 3.10. The van der Waals surface area contributed by atoms with Gasteiger partial charge in [-0.05, 0) is 37.6 Å². The van der Waals surface area contributed by atoms with Crippen LogP contribution < -0.4 is 10.5 Å². The van der Waals surface area contributed by atoms with Crippen molar-refractivity contribution in [3.63, 3.8) is 0 Å². The molecule has 2 heterocycles. The Hall–Kier alpha value is -1.85. The fraction of sp³-hybridized carbons (Fsp3) is 0.412. The highest BCUT2D eigenvalue weighted by molar-refractivity contribution is 6.31. The van der Waals surface area contributed by atoms with Gasteiger partial charge in [0.05, 0.1) is 12.8 Å². The van der Waals surface area contributed by atoms with E-state index in [1.807, 2.05) is 24.3 Å². The highest BCUT2D eigenvalue weighted by Gasteiger charge is 2.24. The van der Waals surface area contributed by atoms with E-state index in [0.29, 0.717) is 11.9 Å². The van der Waals surface area contributed by atoms with E-state index in [2.05, 4.69) is 14.9 Å². The van der Waals surface area contributed by atoms with Crippen LogP contribution >= 0.6 is 11.6 Å². The van der Waals surface area contributed by atoms with Crippen LogP contribution in [0, 0.1) is 0 Å². The largest absolute Gasteiger partial charge is 0.496 e. The number of nitrogens with zero attached hydrogens (tertiary/aromatic N) is 3. The summed E-state index contributed by atoms with van der Waals surface area (Å²) in [5.41, 5.74) is 7.77. The Morgan fingerprint density at radius 1 is 1.39 bits per heavy atom. The summed E-state index contributed by atoms with van der Waals surface area (Å²) in [4.78, 5) is 10.8. The summed E-state index contributed by atoms with van der Waals surface area (Å²) in [6, 6.07) is 7.73. The van der Waals surface area contributed by atoms with Gasteiger partial charge < -0.3 is 10.5 Å². The number of hydrogen-bond acceptors (Lipinski definition) is 5. The Kier molecular flexibility index (Phi) is 4.98. The van der Waals surface area contributed by atoms with Gasteiger partial charge in [0.1, 0.15) is 5.75 Å². The van der Waals surface area contributed by atoms with Crippen molar-refractivity contribution < 1.29 is 4.74 Å². The molecule has 1 aromatic heterocycles. The van der Waals surface area contributed by atoms with Gasteiger partial charge in [-0.2, -0.15) is 0 Å². The lowest BCUT2D eigenvalue weighted by molar-refractivity contribution is 0.196.